The lowest BCUT2D eigenvalue weighted by Crippen LogP contribution is -2.29. The quantitative estimate of drug-likeness (QED) is 0.931. The van der Waals surface area contributed by atoms with Gasteiger partial charge in [0.05, 0.1) is 6.54 Å². The molecule has 0 atom stereocenters. The van der Waals surface area contributed by atoms with Crippen molar-refractivity contribution in [3.63, 3.8) is 0 Å². The molecule has 0 bridgehead atoms. The number of rotatable bonds is 4. The summed E-state index contributed by atoms with van der Waals surface area (Å²) in [5.41, 5.74) is 4.81. The van der Waals surface area contributed by atoms with Crippen LogP contribution >= 0.6 is 0 Å². The molecule has 0 aliphatic carbocycles. The molecule has 1 heterocycles. The SMILES string of the molecule is CC(C)c1ccc(NC(=O)CN2Cc3ccccc3C2)cc1. The molecule has 1 amide bonds. The molecule has 22 heavy (non-hydrogen) atoms. The molecule has 0 unspecified atom stereocenters. The first kappa shape index (κ1) is 14.8. The Kier molecular flexibility index (Phi) is 4.25. The van der Waals surface area contributed by atoms with Crippen molar-refractivity contribution in [3.8, 4) is 0 Å². The summed E-state index contributed by atoms with van der Waals surface area (Å²) in [6, 6.07) is 16.5. The lowest BCUT2D eigenvalue weighted by molar-refractivity contribution is -0.117. The Morgan fingerprint density at radius 1 is 1.05 bits per heavy atom. The molecule has 0 radical (unpaired) electrons. The van der Waals surface area contributed by atoms with Crippen LogP contribution in [0.15, 0.2) is 48.5 Å². The van der Waals surface area contributed by atoms with E-state index in [1.165, 1.54) is 16.7 Å². The van der Waals surface area contributed by atoms with Gasteiger partial charge in [0.1, 0.15) is 0 Å². The number of hydrogen-bond donors (Lipinski definition) is 1. The first-order chi connectivity index (χ1) is 10.6. The van der Waals surface area contributed by atoms with Gasteiger partial charge in [-0.3, -0.25) is 9.69 Å². The molecule has 2 aromatic rings. The lowest BCUT2D eigenvalue weighted by Gasteiger charge is -2.14. The smallest absolute Gasteiger partial charge is 0.238 e. The van der Waals surface area contributed by atoms with E-state index in [0.29, 0.717) is 12.5 Å². The van der Waals surface area contributed by atoms with Crippen LogP contribution in [-0.4, -0.2) is 17.4 Å². The third kappa shape index (κ3) is 3.37. The minimum atomic E-state index is 0.0464. The lowest BCUT2D eigenvalue weighted by atomic mass is 10.0. The van der Waals surface area contributed by atoms with Gasteiger partial charge >= 0.3 is 0 Å². The van der Waals surface area contributed by atoms with Crippen LogP contribution < -0.4 is 5.32 Å². The molecule has 1 aliphatic heterocycles. The summed E-state index contributed by atoms with van der Waals surface area (Å²) >= 11 is 0. The number of benzene rings is 2. The monoisotopic (exact) mass is 294 g/mol. The van der Waals surface area contributed by atoms with Crippen LogP contribution in [0.2, 0.25) is 0 Å². The maximum Gasteiger partial charge on any atom is 0.238 e. The van der Waals surface area contributed by atoms with Crippen molar-refractivity contribution in [2.75, 3.05) is 11.9 Å². The van der Waals surface area contributed by atoms with Gasteiger partial charge in [-0.1, -0.05) is 50.2 Å². The predicted octanol–water partition coefficient (Wildman–Crippen LogP) is 3.76. The van der Waals surface area contributed by atoms with Crippen molar-refractivity contribution in [1.29, 1.82) is 0 Å². The van der Waals surface area contributed by atoms with Gasteiger partial charge in [-0.05, 0) is 34.7 Å². The van der Waals surface area contributed by atoms with Crippen LogP contribution in [0.5, 0.6) is 0 Å². The molecule has 114 valence electrons. The highest BCUT2D eigenvalue weighted by molar-refractivity contribution is 5.92. The Balaban J connectivity index is 1.55. The Bertz CT molecular complexity index is 636. The predicted molar refractivity (Wildman–Crippen MR) is 89.7 cm³/mol. The number of fused-ring (bicyclic) bond motifs is 1. The van der Waals surface area contributed by atoms with E-state index in [0.717, 1.165) is 18.8 Å². The fourth-order valence-corrected chi connectivity index (χ4v) is 2.87. The second kappa shape index (κ2) is 6.32. The molecule has 0 aromatic heterocycles. The zero-order chi connectivity index (χ0) is 15.5. The summed E-state index contributed by atoms with van der Waals surface area (Å²) in [4.78, 5) is 14.4. The molecule has 1 N–H and O–H groups in total. The molecule has 3 nitrogen and oxygen atoms in total. The van der Waals surface area contributed by atoms with Crippen LogP contribution in [-0.2, 0) is 17.9 Å². The molecular weight excluding hydrogens is 272 g/mol. The average Bonchev–Trinajstić information content (AvgIpc) is 2.89. The number of nitrogens with one attached hydrogen (secondary N) is 1. The fraction of sp³-hybridized carbons (Fsp3) is 0.316. The topological polar surface area (TPSA) is 32.3 Å². The van der Waals surface area contributed by atoms with Crippen LogP contribution in [0, 0.1) is 0 Å². The highest BCUT2D eigenvalue weighted by atomic mass is 16.2. The van der Waals surface area contributed by atoms with Gasteiger partial charge in [-0.15, -0.1) is 0 Å². The zero-order valence-corrected chi connectivity index (χ0v) is 13.2. The van der Waals surface area contributed by atoms with E-state index < -0.39 is 0 Å². The molecular formula is C19H22N2O. The molecule has 3 heteroatoms. The van der Waals surface area contributed by atoms with E-state index in [2.05, 4.69) is 60.5 Å². The standard InChI is InChI=1S/C19H22N2O/c1-14(2)15-7-9-18(10-8-15)20-19(22)13-21-11-16-5-3-4-6-17(16)12-21/h3-10,14H,11-13H2,1-2H3,(H,20,22). The Morgan fingerprint density at radius 3 is 2.18 bits per heavy atom. The number of nitrogens with zero attached hydrogens (tertiary/aromatic N) is 1. The van der Waals surface area contributed by atoms with Crippen LogP contribution in [0.4, 0.5) is 5.69 Å². The summed E-state index contributed by atoms with van der Waals surface area (Å²) in [5, 5.41) is 2.98. The van der Waals surface area contributed by atoms with Gasteiger partial charge in [-0.25, -0.2) is 0 Å². The first-order valence-corrected chi connectivity index (χ1v) is 7.81. The van der Waals surface area contributed by atoms with E-state index in [-0.39, 0.29) is 5.91 Å². The van der Waals surface area contributed by atoms with E-state index in [9.17, 15) is 4.79 Å². The Morgan fingerprint density at radius 2 is 1.64 bits per heavy atom. The third-order valence-corrected chi connectivity index (χ3v) is 4.13. The van der Waals surface area contributed by atoms with Crippen LogP contribution in [0.3, 0.4) is 0 Å². The summed E-state index contributed by atoms with van der Waals surface area (Å²) in [6.45, 7) is 6.48. The highest BCUT2D eigenvalue weighted by Crippen LogP contribution is 2.22. The number of hydrogen-bond acceptors (Lipinski definition) is 2. The maximum absolute atomic E-state index is 12.2. The van der Waals surface area contributed by atoms with E-state index in [4.69, 9.17) is 0 Å². The summed E-state index contributed by atoms with van der Waals surface area (Å²) in [6.07, 6.45) is 0. The fourth-order valence-electron chi connectivity index (χ4n) is 2.87. The molecule has 2 aromatic carbocycles. The number of anilines is 1. The van der Waals surface area contributed by atoms with E-state index in [1.807, 2.05) is 12.1 Å². The Labute approximate surface area is 132 Å². The second-order valence-electron chi connectivity index (χ2n) is 6.24. The average molecular weight is 294 g/mol. The highest BCUT2D eigenvalue weighted by Gasteiger charge is 2.20. The molecule has 0 saturated heterocycles. The third-order valence-electron chi connectivity index (χ3n) is 4.13. The van der Waals surface area contributed by atoms with Crippen molar-refractivity contribution in [2.24, 2.45) is 0 Å². The molecule has 3 rings (SSSR count). The van der Waals surface area contributed by atoms with Gasteiger partial charge < -0.3 is 5.32 Å². The molecule has 0 saturated carbocycles. The van der Waals surface area contributed by atoms with Gasteiger partial charge in [0, 0.05) is 18.8 Å². The van der Waals surface area contributed by atoms with Crippen molar-refractivity contribution < 1.29 is 4.79 Å². The largest absolute Gasteiger partial charge is 0.325 e. The minimum absolute atomic E-state index is 0.0464. The number of carbonyl (C=O) groups is 1. The van der Waals surface area contributed by atoms with Gasteiger partial charge in [0.25, 0.3) is 0 Å². The zero-order valence-electron chi connectivity index (χ0n) is 13.2. The molecule has 0 fully saturated rings. The molecule has 0 spiro atoms. The Hall–Kier alpha value is -2.13. The number of carbonyl (C=O) groups excluding carboxylic acids is 1. The van der Waals surface area contributed by atoms with E-state index in [1.54, 1.807) is 0 Å². The van der Waals surface area contributed by atoms with Crippen molar-refractivity contribution in [1.82, 2.24) is 4.90 Å². The normalized spacial score (nSPS) is 14.1. The second-order valence-corrected chi connectivity index (χ2v) is 6.24. The summed E-state index contributed by atoms with van der Waals surface area (Å²) in [5.74, 6) is 0.554. The number of amides is 1. The van der Waals surface area contributed by atoms with Gasteiger partial charge in [0.15, 0.2) is 0 Å². The van der Waals surface area contributed by atoms with E-state index >= 15 is 0 Å². The van der Waals surface area contributed by atoms with Crippen LogP contribution in [0.25, 0.3) is 0 Å². The minimum Gasteiger partial charge on any atom is -0.325 e. The summed E-state index contributed by atoms with van der Waals surface area (Å²) in [7, 11) is 0. The van der Waals surface area contributed by atoms with Crippen molar-refractivity contribution in [3.05, 3.63) is 65.2 Å². The summed E-state index contributed by atoms with van der Waals surface area (Å²) < 4.78 is 0. The van der Waals surface area contributed by atoms with Gasteiger partial charge in [0.2, 0.25) is 5.91 Å². The molecule has 1 aliphatic rings. The van der Waals surface area contributed by atoms with Gasteiger partial charge in [-0.2, -0.15) is 0 Å². The van der Waals surface area contributed by atoms with Crippen molar-refractivity contribution in [2.45, 2.75) is 32.9 Å². The first-order valence-electron chi connectivity index (χ1n) is 7.81. The van der Waals surface area contributed by atoms with Crippen LogP contribution in [0.1, 0.15) is 36.5 Å². The van der Waals surface area contributed by atoms with Crippen molar-refractivity contribution >= 4 is 11.6 Å². The maximum atomic E-state index is 12.2.